The third kappa shape index (κ3) is 2.24. The van der Waals surface area contributed by atoms with Crippen molar-refractivity contribution in [3.05, 3.63) is 58.0 Å². The van der Waals surface area contributed by atoms with Gasteiger partial charge in [0.2, 0.25) is 0 Å². The van der Waals surface area contributed by atoms with Gasteiger partial charge in [0, 0.05) is 24.0 Å². The Hall–Kier alpha value is -2.37. The molecule has 0 amide bonds. The summed E-state index contributed by atoms with van der Waals surface area (Å²) >= 11 is 0. The lowest BCUT2D eigenvalue weighted by Gasteiger charge is -2.05. The molecule has 6 heteroatoms. The average molecular weight is 276 g/mol. The fraction of sp³-hybridized carbons (Fsp3) is 0.286. The first kappa shape index (κ1) is 12.7. The van der Waals surface area contributed by atoms with Gasteiger partial charge in [-0.25, -0.2) is 14.0 Å². The van der Waals surface area contributed by atoms with Gasteiger partial charge in [-0.05, 0) is 31.0 Å². The molecule has 0 saturated heterocycles. The van der Waals surface area contributed by atoms with Crippen molar-refractivity contribution in [2.45, 2.75) is 25.4 Å². The minimum atomic E-state index is -1.12. The zero-order valence-corrected chi connectivity index (χ0v) is 10.6. The largest absolute Gasteiger partial charge is 0.478 e. The predicted octanol–water partition coefficient (Wildman–Crippen LogP) is 1.87. The molecule has 0 spiro atoms. The molecule has 2 aromatic rings. The van der Waals surface area contributed by atoms with Crippen LogP contribution in [-0.4, -0.2) is 20.2 Å². The molecule has 0 radical (unpaired) electrons. The highest BCUT2D eigenvalue weighted by molar-refractivity contribution is 5.87. The first-order valence-corrected chi connectivity index (χ1v) is 6.35. The SMILES string of the molecule is O=C(O)c1ccc(F)c(Cn2ccn(C3CC3)c2=O)c1. The van der Waals surface area contributed by atoms with Crippen molar-refractivity contribution in [1.82, 2.24) is 9.13 Å². The molecule has 1 aromatic carbocycles. The number of hydrogen-bond acceptors (Lipinski definition) is 2. The van der Waals surface area contributed by atoms with Crippen LogP contribution in [0.4, 0.5) is 4.39 Å². The molecule has 1 N–H and O–H groups in total. The number of benzene rings is 1. The van der Waals surface area contributed by atoms with E-state index in [-0.39, 0.29) is 29.4 Å². The normalized spacial score (nSPS) is 14.4. The van der Waals surface area contributed by atoms with E-state index in [0.29, 0.717) is 0 Å². The fourth-order valence-corrected chi connectivity index (χ4v) is 2.19. The lowest BCUT2D eigenvalue weighted by Crippen LogP contribution is -2.24. The highest BCUT2D eigenvalue weighted by Crippen LogP contribution is 2.33. The zero-order chi connectivity index (χ0) is 14.3. The number of halogens is 1. The Bertz CT molecular complexity index is 728. The van der Waals surface area contributed by atoms with Gasteiger partial charge < -0.3 is 5.11 Å². The molecular formula is C14H13FN2O3. The van der Waals surface area contributed by atoms with Crippen LogP contribution in [0.1, 0.15) is 34.8 Å². The van der Waals surface area contributed by atoms with Crippen LogP contribution in [0.15, 0.2) is 35.4 Å². The van der Waals surface area contributed by atoms with E-state index in [2.05, 4.69) is 0 Å². The molecule has 0 bridgehead atoms. The van der Waals surface area contributed by atoms with Crippen LogP contribution < -0.4 is 5.69 Å². The smallest absolute Gasteiger partial charge is 0.335 e. The first-order valence-electron chi connectivity index (χ1n) is 6.35. The summed E-state index contributed by atoms with van der Waals surface area (Å²) in [5, 5.41) is 8.91. The van der Waals surface area contributed by atoms with Gasteiger partial charge >= 0.3 is 11.7 Å². The predicted molar refractivity (Wildman–Crippen MR) is 69.4 cm³/mol. The maximum Gasteiger partial charge on any atom is 0.335 e. The number of carboxylic acids is 1. The molecule has 0 atom stereocenters. The molecule has 20 heavy (non-hydrogen) atoms. The second-order valence-corrected chi connectivity index (χ2v) is 4.96. The molecular weight excluding hydrogens is 263 g/mol. The van der Waals surface area contributed by atoms with Gasteiger partial charge in [-0.3, -0.25) is 9.13 Å². The van der Waals surface area contributed by atoms with Crippen molar-refractivity contribution in [3.8, 4) is 0 Å². The van der Waals surface area contributed by atoms with Gasteiger partial charge in [0.25, 0.3) is 0 Å². The summed E-state index contributed by atoms with van der Waals surface area (Å²) in [4.78, 5) is 23.0. The van der Waals surface area contributed by atoms with E-state index in [1.54, 1.807) is 17.0 Å². The van der Waals surface area contributed by atoms with E-state index in [9.17, 15) is 14.0 Å². The maximum atomic E-state index is 13.7. The van der Waals surface area contributed by atoms with Crippen molar-refractivity contribution in [2.24, 2.45) is 0 Å². The van der Waals surface area contributed by atoms with Gasteiger partial charge in [0.1, 0.15) is 5.82 Å². The van der Waals surface area contributed by atoms with Gasteiger partial charge in [-0.1, -0.05) is 0 Å². The Balaban J connectivity index is 1.92. The Morgan fingerprint density at radius 1 is 1.35 bits per heavy atom. The van der Waals surface area contributed by atoms with Crippen molar-refractivity contribution in [2.75, 3.05) is 0 Å². The molecule has 1 aliphatic carbocycles. The highest BCUT2D eigenvalue weighted by Gasteiger charge is 2.25. The van der Waals surface area contributed by atoms with Crippen LogP contribution in [0.2, 0.25) is 0 Å². The van der Waals surface area contributed by atoms with Gasteiger partial charge in [0.15, 0.2) is 0 Å². The van der Waals surface area contributed by atoms with E-state index < -0.39 is 11.8 Å². The lowest BCUT2D eigenvalue weighted by atomic mass is 10.1. The van der Waals surface area contributed by atoms with Crippen molar-refractivity contribution >= 4 is 5.97 Å². The third-order valence-electron chi connectivity index (χ3n) is 3.45. The zero-order valence-electron chi connectivity index (χ0n) is 10.6. The number of aromatic carboxylic acids is 1. The van der Waals surface area contributed by atoms with E-state index >= 15 is 0 Å². The van der Waals surface area contributed by atoms with Crippen LogP contribution in [0.3, 0.4) is 0 Å². The number of carboxylic acid groups (broad SMARTS) is 1. The minimum absolute atomic E-state index is 0.0103. The lowest BCUT2D eigenvalue weighted by molar-refractivity contribution is 0.0696. The van der Waals surface area contributed by atoms with Gasteiger partial charge in [0.05, 0.1) is 12.1 Å². The third-order valence-corrected chi connectivity index (χ3v) is 3.45. The van der Waals surface area contributed by atoms with Crippen LogP contribution in [-0.2, 0) is 6.54 Å². The highest BCUT2D eigenvalue weighted by atomic mass is 19.1. The number of aromatic nitrogens is 2. The Morgan fingerprint density at radius 2 is 2.10 bits per heavy atom. The molecule has 0 aliphatic heterocycles. The standard InChI is InChI=1S/C14H13FN2O3/c15-12-4-1-9(13(18)19)7-10(12)8-16-5-6-17(14(16)20)11-2-3-11/h1,4-7,11H,2-3,8H2,(H,18,19). The fourth-order valence-electron chi connectivity index (χ4n) is 2.19. The maximum absolute atomic E-state index is 13.7. The molecule has 104 valence electrons. The van der Waals surface area contributed by atoms with E-state index in [1.165, 1.54) is 16.7 Å². The second kappa shape index (κ2) is 4.63. The summed E-state index contributed by atoms with van der Waals surface area (Å²) in [5.74, 6) is -1.63. The van der Waals surface area contributed by atoms with Crippen molar-refractivity contribution in [1.29, 1.82) is 0 Å². The summed E-state index contributed by atoms with van der Waals surface area (Å²) in [7, 11) is 0. The molecule has 1 saturated carbocycles. The quantitative estimate of drug-likeness (QED) is 0.927. The first-order chi connectivity index (χ1) is 9.56. The van der Waals surface area contributed by atoms with Crippen molar-refractivity contribution in [3.63, 3.8) is 0 Å². The van der Waals surface area contributed by atoms with E-state index in [1.807, 2.05) is 0 Å². The molecule has 0 unspecified atom stereocenters. The summed E-state index contributed by atoms with van der Waals surface area (Å²) < 4.78 is 16.7. The Morgan fingerprint density at radius 3 is 2.75 bits per heavy atom. The summed E-state index contributed by atoms with van der Waals surface area (Å²) in [6.45, 7) is 0.0332. The Kier molecular flexibility index (Phi) is 2.93. The topological polar surface area (TPSA) is 64.2 Å². The number of imidazole rings is 1. The van der Waals surface area contributed by atoms with Crippen molar-refractivity contribution < 1.29 is 14.3 Å². The van der Waals surface area contributed by atoms with Crippen LogP contribution >= 0.6 is 0 Å². The average Bonchev–Trinajstić information content (AvgIpc) is 3.18. The molecule has 1 heterocycles. The second-order valence-electron chi connectivity index (χ2n) is 4.96. The van der Waals surface area contributed by atoms with E-state index in [0.717, 1.165) is 18.9 Å². The molecule has 5 nitrogen and oxygen atoms in total. The molecule has 1 fully saturated rings. The summed E-state index contributed by atoms with van der Waals surface area (Å²) in [5.41, 5.74) is 0.0178. The molecule has 3 rings (SSSR count). The Labute approximate surface area is 113 Å². The molecule has 1 aliphatic rings. The number of carbonyl (C=O) groups is 1. The summed E-state index contributed by atoms with van der Waals surface area (Å²) in [6, 6.07) is 3.85. The number of nitrogens with zero attached hydrogens (tertiary/aromatic N) is 2. The van der Waals surface area contributed by atoms with E-state index in [4.69, 9.17) is 5.11 Å². The van der Waals surface area contributed by atoms with Gasteiger partial charge in [-0.2, -0.15) is 0 Å². The minimum Gasteiger partial charge on any atom is -0.478 e. The number of rotatable bonds is 4. The van der Waals surface area contributed by atoms with Crippen LogP contribution in [0, 0.1) is 5.82 Å². The van der Waals surface area contributed by atoms with Crippen LogP contribution in [0.25, 0.3) is 0 Å². The van der Waals surface area contributed by atoms with Crippen LogP contribution in [0.5, 0.6) is 0 Å². The van der Waals surface area contributed by atoms with Gasteiger partial charge in [-0.15, -0.1) is 0 Å². The summed E-state index contributed by atoms with van der Waals surface area (Å²) in [6.07, 6.45) is 5.28. The molecule has 1 aromatic heterocycles. The monoisotopic (exact) mass is 276 g/mol. The number of hydrogen-bond donors (Lipinski definition) is 1.